The zero-order valence-corrected chi connectivity index (χ0v) is 13.8. The third-order valence-corrected chi connectivity index (χ3v) is 4.09. The Balaban J connectivity index is 2.53. The molecule has 0 saturated carbocycles. The first-order chi connectivity index (χ1) is 8.52. The van der Waals surface area contributed by atoms with Crippen molar-refractivity contribution in [2.75, 3.05) is 0 Å². The van der Waals surface area contributed by atoms with Gasteiger partial charge < -0.3 is 0 Å². The first-order valence-corrected chi connectivity index (χ1v) is 7.41. The van der Waals surface area contributed by atoms with Gasteiger partial charge in [-0.15, -0.1) is 0 Å². The molecule has 5 heteroatoms. The van der Waals surface area contributed by atoms with E-state index in [-0.39, 0.29) is 11.8 Å². The Bertz CT molecular complexity index is 592. The smallest absolute Gasteiger partial charge is 0.213 e. The lowest BCUT2D eigenvalue weighted by molar-refractivity contribution is 0.102. The summed E-state index contributed by atoms with van der Waals surface area (Å²) in [5.74, 6) is -0.00178. The molecule has 2 aromatic rings. The maximum absolute atomic E-state index is 12.6. The van der Waals surface area contributed by atoms with Crippen LogP contribution < -0.4 is 0 Å². The lowest BCUT2D eigenvalue weighted by Gasteiger charge is -2.11. The number of nitrogens with zero attached hydrogens (tertiary/aromatic N) is 2. The average molecular weight is 419 g/mol. The molecular weight excluding hydrogens is 407 g/mol. The number of benzene rings is 1. The van der Waals surface area contributed by atoms with Gasteiger partial charge in [0, 0.05) is 15.2 Å². The number of hydrogen-bond donors (Lipinski definition) is 0. The summed E-state index contributed by atoms with van der Waals surface area (Å²) < 4.78 is 3.43. The third kappa shape index (κ3) is 2.51. The zero-order chi connectivity index (χ0) is 13.3. The highest BCUT2D eigenvalue weighted by molar-refractivity contribution is 14.1. The van der Waals surface area contributed by atoms with E-state index in [9.17, 15) is 4.79 Å². The Hall–Kier alpha value is -0.690. The van der Waals surface area contributed by atoms with Gasteiger partial charge in [0.05, 0.1) is 10.7 Å². The second kappa shape index (κ2) is 5.52. The predicted molar refractivity (Wildman–Crippen MR) is 82.9 cm³/mol. The maximum atomic E-state index is 12.6. The van der Waals surface area contributed by atoms with Gasteiger partial charge in [0.1, 0.15) is 5.69 Å². The second-order valence-corrected chi connectivity index (χ2v) is 6.20. The SMILES string of the molecule is CC(C)n1ncc(Br)c1C(=O)c1ccccc1I. The molecule has 0 saturated heterocycles. The monoisotopic (exact) mass is 418 g/mol. The molecular formula is C13H12BrIN2O. The Morgan fingerprint density at radius 1 is 1.39 bits per heavy atom. The Kier molecular flexibility index (Phi) is 4.21. The van der Waals surface area contributed by atoms with Gasteiger partial charge in [-0.25, -0.2) is 0 Å². The summed E-state index contributed by atoms with van der Waals surface area (Å²) in [4.78, 5) is 12.6. The number of carbonyl (C=O) groups excluding carboxylic acids is 1. The molecule has 3 nitrogen and oxygen atoms in total. The predicted octanol–water partition coefficient (Wildman–Crippen LogP) is 4.06. The lowest BCUT2D eigenvalue weighted by Crippen LogP contribution is -2.14. The van der Waals surface area contributed by atoms with Crippen LogP contribution in [0.3, 0.4) is 0 Å². The molecule has 18 heavy (non-hydrogen) atoms. The van der Waals surface area contributed by atoms with Crippen LogP contribution in [0, 0.1) is 3.57 Å². The van der Waals surface area contributed by atoms with E-state index < -0.39 is 0 Å². The van der Waals surface area contributed by atoms with Crippen molar-refractivity contribution in [3.63, 3.8) is 0 Å². The first-order valence-electron chi connectivity index (χ1n) is 5.54. The van der Waals surface area contributed by atoms with E-state index in [1.54, 1.807) is 10.9 Å². The molecule has 0 aliphatic heterocycles. The summed E-state index contributed by atoms with van der Waals surface area (Å²) in [5, 5.41) is 4.24. The van der Waals surface area contributed by atoms with Crippen molar-refractivity contribution in [1.29, 1.82) is 0 Å². The Morgan fingerprint density at radius 3 is 2.67 bits per heavy atom. The van der Waals surface area contributed by atoms with E-state index in [0.717, 1.165) is 8.04 Å². The third-order valence-electron chi connectivity index (χ3n) is 2.57. The highest BCUT2D eigenvalue weighted by atomic mass is 127. The van der Waals surface area contributed by atoms with Gasteiger partial charge in [0.2, 0.25) is 5.78 Å². The van der Waals surface area contributed by atoms with E-state index >= 15 is 0 Å². The van der Waals surface area contributed by atoms with Gasteiger partial charge in [-0.2, -0.15) is 5.10 Å². The van der Waals surface area contributed by atoms with Crippen LogP contribution in [0.25, 0.3) is 0 Å². The van der Waals surface area contributed by atoms with E-state index in [2.05, 4.69) is 43.6 Å². The minimum absolute atomic E-state index is 0.00178. The van der Waals surface area contributed by atoms with Crippen molar-refractivity contribution in [1.82, 2.24) is 9.78 Å². The molecule has 0 aliphatic carbocycles. The van der Waals surface area contributed by atoms with E-state index in [0.29, 0.717) is 11.3 Å². The van der Waals surface area contributed by atoms with Gasteiger partial charge in [0.15, 0.2) is 0 Å². The normalized spacial score (nSPS) is 10.9. The number of halogens is 2. The lowest BCUT2D eigenvalue weighted by atomic mass is 10.1. The van der Waals surface area contributed by atoms with Crippen molar-refractivity contribution < 1.29 is 4.79 Å². The van der Waals surface area contributed by atoms with Crippen LogP contribution in [0.5, 0.6) is 0 Å². The molecule has 0 spiro atoms. The number of carbonyl (C=O) groups is 1. The fourth-order valence-corrected chi connectivity index (χ4v) is 2.80. The Labute approximate surface area is 128 Å². The molecule has 1 aromatic carbocycles. The van der Waals surface area contributed by atoms with Gasteiger partial charge in [0.25, 0.3) is 0 Å². The van der Waals surface area contributed by atoms with Crippen LogP contribution in [-0.2, 0) is 0 Å². The summed E-state index contributed by atoms with van der Waals surface area (Å²) in [6, 6.07) is 7.72. The van der Waals surface area contributed by atoms with E-state index in [1.807, 2.05) is 38.1 Å². The molecule has 0 fully saturated rings. The van der Waals surface area contributed by atoms with Crippen LogP contribution >= 0.6 is 38.5 Å². The second-order valence-electron chi connectivity index (χ2n) is 4.19. The highest BCUT2D eigenvalue weighted by Crippen LogP contribution is 2.24. The molecule has 0 radical (unpaired) electrons. The van der Waals surface area contributed by atoms with Crippen molar-refractivity contribution in [2.24, 2.45) is 0 Å². The zero-order valence-electron chi connectivity index (χ0n) is 10.0. The minimum Gasteiger partial charge on any atom is -0.287 e. The van der Waals surface area contributed by atoms with Gasteiger partial charge in [-0.05, 0) is 64.5 Å². The molecule has 0 amide bonds. The highest BCUT2D eigenvalue weighted by Gasteiger charge is 2.21. The van der Waals surface area contributed by atoms with Crippen LogP contribution in [0.15, 0.2) is 34.9 Å². The van der Waals surface area contributed by atoms with Crippen molar-refractivity contribution in [3.8, 4) is 0 Å². The Morgan fingerprint density at radius 2 is 2.06 bits per heavy atom. The van der Waals surface area contributed by atoms with Crippen LogP contribution in [0.2, 0.25) is 0 Å². The van der Waals surface area contributed by atoms with Gasteiger partial charge in [-0.1, -0.05) is 12.1 Å². The summed E-state index contributed by atoms with van der Waals surface area (Å²) in [7, 11) is 0. The standard InChI is InChI=1S/C13H12BrIN2O/c1-8(2)17-12(10(14)7-16-17)13(18)9-5-3-4-6-11(9)15/h3-8H,1-2H3. The number of rotatable bonds is 3. The summed E-state index contributed by atoms with van der Waals surface area (Å²) in [6.45, 7) is 4.01. The van der Waals surface area contributed by atoms with Gasteiger partial charge in [-0.3, -0.25) is 9.48 Å². The molecule has 0 atom stereocenters. The number of hydrogen-bond acceptors (Lipinski definition) is 2. The van der Waals surface area contributed by atoms with Gasteiger partial charge >= 0.3 is 0 Å². The largest absolute Gasteiger partial charge is 0.287 e. The number of aromatic nitrogens is 2. The molecule has 94 valence electrons. The minimum atomic E-state index is -0.00178. The molecule has 0 unspecified atom stereocenters. The summed E-state index contributed by atoms with van der Waals surface area (Å²) in [6.07, 6.45) is 1.67. The van der Waals surface area contributed by atoms with Crippen LogP contribution in [0.4, 0.5) is 0 Å². The fraction of sp³-hybridized carbons (Fsp3) is 0.231. The van der Waals surface area contributed by atoms with Crippen molar-refractivity contribution in [3.05, 3.63) is 49.8 Å². The van der Waals surface area contributed by atoms with Crippen LogP contribution in [-0.4, -0.2) is 15.6 Å². The molecule has 0 N–H and O–H groups in total. The molecule has 0 bridgehead atoms. The maximum Gasteiger partial charge on any atom is 0.213 e. The molecule has 1 heterocycles. The first kappa shape index (κ1) is 13.7. The average Bonchev–Trinajstić information content (AvgIpc) is 2.71. The van der Waals surface area contributed by atoms with Crippen molar-refractivity contribution >= 4 is 44.3 Å². The molecule has 0 aliphatic rings. The molecule has 2 rings (SSSR count). The van der Waals surface area contributed by atoms with E-state index in [1.165, 1.54) is 0 Å². The summed E-state index contributed by atoms with van der Waals surface area (Å²) in [5.41, 5.74) is 1.32. The van der Waals surface area contributed by atoms with Crippen molar-refractivity contribution in [2.45, 2.75) is 19.9 Å². The quantitative estimate of drug-likeness (QED) is 0.556. The fourth-order valence-electron chi connectivity index (χ4n) is 1.72. The molecule has 1 aromatic heterocycles. The van der Waals surface area contributed by atoms with Crippen LogP contribution in [0.1, 0.15) is 35.9 Å². The van der Waals surface area contributed by atoms with E-state index in [4.69, 9.17) is 0 Å². The summed E-state index contributed by atoms with van der Waals surface area (Å²) >= 11 is 5.58. The topological polar surface area (TPSA) is 34.9 Å². The number of ketones is 1.